The Kier molecular flexibility index (Phi) is 3.69. The normalized spacial score (nSPS) is 11.9. The van der Waals surface area contributed by atoms with E-state index in [9.17, 15) is 0 Å². The molecule has 4 aromatic heterocycles. The first-order chi connectivity index (χ1) is 14.7. The summed E-state index contributed by atoms with van der Waals surface area (Å²) in [5, 5.41) is 8.01. The van der Waals surface area contributed by atoms with E-state index in [4.69, 9.17) is 4.52 Å². The summed E-state index contributed by atoms with van der Waals surface area (Å²) in [5.41, 5.74) is 10.3. The zero-order valence-corrected chi connectivity index (χ0v) is 16.9. The van der Waals surface area contributed by atoms with Crippen molar-refractivity contribution < 1.29 is 4.52 Å². The molecule has 4 heterocycles. The van der Waals surface area contributed by atoms with Gasteiger partial charge in [-0.15, -0.1) is 5.10 Å². The Morgan fingerprint density at radius 2 is 1.23 bits per heavy atom. The van der Waals surface area contributed by atoms with Crippen LogP contribution in [0.2, 0.25) is 0 Å². The predicted octanol–water partition coefficient (Wildman–Crippen LogP) is 3.52. The van der Waals surface area contributed by atoms with E-state index < -0.39 is 0 Å². The Hall–Kier alpha value is -3.66. The summed E-state index contributed by atoms with van der Waals surface area (Å²) in [6, 6.07) is 0. The van der Waals surface area contributed by atoms with Gasteiger partial charge in [0.05, 0.1) is 33.8 Å². The Morgan fingerprint density at radius 3 is 1.93 bits per heavy atom. The van der Waals surface area contributed by atoms with Gasteiger partial charge in [-0.2, -0.15) is 8.75 Å². The van der Waals surface area contributed by atoms with Crippen LogP contribution in [0.4, 0.5) is 0 Å². The van der Waals surface area contributed by atoms with Crippen molar-refractivity contribution in [3.8, 4) is 0 Å². The van der Waals surface area contributed by atoms with E-state index in [1.165, 1.54) is 11.7 Å². The first kappa shape index (κ1) is 17.2. The Morgan fingerprint density at radius 1 is 0.667 bits per heavy atom. The van der Waals surface area contributed by atoms with E-state index >= 15 is 0 Å². The number of aryl methyl sites for hydroxylation is 4. The number of fused-ring (bicyclic) bond motifs is 4. The fraction of sp³-hybridized carbons (Fsp3) is 0.200. The van der Waals surface area contributed by atoms with Gasteiger partial charge in [-0.1, -0.05) is 0 Å². The SMILES string of the molecule is Cc1c2nccnc2c(CCc2c3nccnc3c(C)c3onnc23)c2nsnc12. The van der Waals surface area contributed by atoms with Crippen LogP contribution in [0.3, 0.4) is 0 Å². The number of aromatic nitrogens is 8. The van der Waals surface area contributed by atoms with Gasteiger partial charge in [-0.3, -0.25) is 19.9 Å². The van der Waals surface area contributed by atoms with Crippen LogP contribution >= 0.6 is 11.7 Å². The Bertz CT molecular complexity index is 1470. The molecule has 0 saturated carbocycles. The smallest absolute Gasteiger partial charge is 0.192 e. The standard InChI is InChI=1S/C20H14N8OS/c1-9-13-16(23-7-5-21-13)11(18-15(9)26-30-27-18)3-4-12-17-14(22-6-8-24-17)10(2)20-19(12)25-28-29-20/h5-8H,3-4H2,1-2H3. The van der Waals surface area contributed by atoms with Crippen LogP contribution in [0, 0.1) is 13.8 Å². The van der Waals surface area contributed by atoms with Crippen molar-refractivity contribution >= 4 is 55.9 Å². The molecular formula is C20H14N8OS. The number of benzene rings is 2. The van der Waals surface area contributed by atoms with Crippen LogP contribution in [-0.4, -0.2) is 39.1 Å². The molecule has 0 aliphatic carbocycles. The topological polar surface area (TPSA) is 116 Å². The van der Waals surface area contributed by atoms with Crippen molar-refractivity contribution in [2.24, 2.45) is 0 Å². The van der Waals surface area contributed by atoms with Crippen molar-refractivity contribution in [1.29, 1.82) is 0 Å². The number of hydrogen-bond acceptors (Lipinski definition) is 10. The molecule has 0 bridgehead atoms. The molecule has 10 heteroatoms. The summed E-state index contributed by atoms with van der Waals surface area (Å²) in [4.78, 5) is 18.3. The highest BCUT2D eigenvalue weighted by molar-refractivity contribution is 7.00. The third kappa shape index (κ3) is 2.34. The van der Waals surface area contributed by atoms with E-state index in [0.29, 0.717) is 18.4 Å². The summed E-state index contributed by atoms with van der Waals surface area (Å²) in [6.07, 6.45) is 8.12. The maximum Gasteiger partial charge on any atom is 0.192 e. The van der Waals surface area contributed by atoms with Crippen molar-refractivity contribution in [3.63, 3.8) is 0 Å². The molecule has 0 unspecified atom stereocenters. The zero-order chi connectivity index (χ0) is 20.2. The molecule has 0 fully saturated rings. The maximum atomic E-state index is 5.42. The van der Waals surface area contributed by atoms with E-state index in [-0.39, 0.29) is 0 Å². The van der Waals surface area contributed by atoms with Crippen molar-refractivity contribution in [2.75, 3.05) is 0 Å². The third-order valence-corrected chi connectivity index (χ3v) is 6.08. The van der Waals surface area contributed by atoms with E-state index in [2.05, 4.69) is 39.1 Å². The lowest BCUT2D eigenvalue weighted by Crippen LogP contribution is -2.02. The minimum atomic E-state index is 0.645. The molecule has 30 heavy (non-hydrogen) atoms. The molecule has 0 saturated heterocycles. The number of nitrogens with zero attached hydrogens (tertiary/aromatic N) is 8. The van der Waals surface area contributed by atoms with Crippen molar-refractivity contribution in [2.45, 2.75) is 26.7 Å². The van der Waals surface area contributed by atoms with Gasteiger partial charge < -0.3 is 4.52 Å². The molecule has 2 aromatic carbocycles. The van der Waals surface area contributed by atoms with Crippen LogP contribution in [0.5, 0.6) is 0 Å². The third-order valence-electron chi connectivity index (χ3n) is 5.55. The highest BCUT2D eigenvalue weighted by Gasteiger charge is 2.21. The lowest BCUT2D eigenvalue weighted by Gasteiger charge is -2.11. The molecule has 6 rings (SSSR count). The molecule has 146 valence electrons. The monoisotopic (exact) mass is 414 g/mol. The van der Waals surface area contributed by atoms with Gasteiger partial charge in [0.2, 0.25) is 0 Å². The highest BCUT2D eigenvalue weighted by atomic mass is 32.1. The summed E-state index contributed by atoms with van der Waals surface area (Å²) in [6.45, 7) is 3.96. The molecule has 0 aliphatic rings. The van der Waals surface area contributed by atoms with Gasteiger partial charge in [0.1, 0.15) is 16.6 Å². The first-order valence-corrected chi connectivity index (χ1v) is 10.2. The predicted molar refractivity (Wildman–Crippen MR) is 112 cm³/mol. The lowest BCUT2D eigenvalue weighted by molar-refractivity contribution is 0.423. The van der Waals surface area contributed by atoms with Crippen LogP contribution in [0.1, 0.15) is 22.3 Å². The second-order valence-corrected chi connectivity index (χ2v) is 7.65. The molecule has 6 aromatic rings. The molecule has 0 atom stereocenters. The molecule has 0 amide bonds. The number of hydrogen-bond donors (Lipinski definition) is 0. The van der Waals surface area contributed by atoms with Crippen molar-refractivity contribution in [1.82, 2.24) is 39.1 Å². The maximum absolute atomic E-state index is 5.42. The summed E-state index contributed by atoms with van der Waals surface area (Å²) >= 11 is 1.21. The van der Waals surface area contributed by atoms with E-state index in [1.807, 2.05) is 13.8 Å². The van der Waals surface area contributed by atoms with Gasteiger partial charge >= 0.3 is 0 Å². The van der Waals surface area contributed by atoms with Gasteiger partial charge in [0, 0.05) is 52.3 Å². The quantitative estimate of drug-likeness (QED) is 0.429. The van der Waals surface area contributed by atoms with Crippen LogP contribution in [0.25, 0.3) is 44.2 Å². The van der Waals surface area contributed by atoms with Crippen molar-refractivity contribution in [3.05, 3.63) is 47.0 Å². The minimum absolute atomic E-state index is 0.645. The van der Waals surface area contributed by atoms with Crippen LogP contribution < -0.4 is 0 Å². The molecule has 0 N–H and O–H groups in total. The van der Waals surface area contributed by atoms with Gasteiger partial charge in [-0.25, -0.2) is 0 Å². The van der Waals surface area contributed by atoms with Crippen LogP contribution in [-0.2, 0) is 12.8 Å². The summed E-state index contributed by atoms with van der Waals surface area (Å²) < 4.78 is 14.5. The average molecular weight is 414 g/mol. The molecule has 9 nitrogen and oxygen atoms in total. The minimum Gasteiger partial charge on any atom is -0.337 e. The summed E-state index contributed by atoms with van der Waals surface area (Å²) in [5.74, 6) is 0. The van der Waals surface area contributed by atoms with Gasteiger partial charge in [-0.05, 0) is 26.7 Å². The number of rotatable bonds is 3. The largest absolute Gasteiger partial charge is 0.337 e. The molecular weight excluding hydrogens is 400 g/mol. The second kappa shape index (κ2) is 6.42. The second-order valence-electron chi connectivity index (χ2n) is 7.13. The first-order valence-electron chi connectivity index (χ1n) is 9.42. The van der Waals surface area contributed by atoms with Gasteiger partial charge in [0.15, 0.2) is 5.58 Å². The Balaban J connectivity index is 1.57. The Labute approximate surface area is 173 Å². The summed E-state index contributed by atoms with van der Waals surface area (Å²) in [7, 11) is 0. The zero-order valence-electron chi connectivity index (χ0n) is 16.1. The van der Waals surface area contributed by atoms with E-state index in [0.717, 1.165) is 60.9 Å². The van der Waals surface area contributed by atoms with Crippen LogP contribution in [0.15, 0.2) is 29.3 Å². The highest BCUT2D eigenvalue weighted by Crippen LogP contribution is 2.33. The fourth-order valence-electron chi connectivity index (χ4n) is 4.10. The average Bonchev–Trinajstić information content (AvgIpc) is 3.46. The molecule has 0 aliphatic heterocycles. The molecule has 0 radical (unpaired) electrons. The fourth-order valence-corrected chi connectivity index (χ4v) is 4.73. The lowest BCUT2D eigenvalue weighted by atomic mass is 9.96. The molecule has 0 spiro atoms. The van der Waals surface area contributed by atoms with E-state index in [1.54, 1.807) is 24.8 Å². The van der Waals surface area contributed by atoms with Gasteiger partial charge in [0.25, 0.3) is 0 Å².